The van der Waals surface area contributed by atoms with Gasteiger partial charge in [0.2, 0.25) is 0 Å². The van der Waals surface area contributed by atoms with Crippen molar-refractivity contribution in [1.82, 2.24) is 9.55 Å². The maximum atomic E-state index is 10.4. The number of hydrogen-bond donors (Lipinski definition) is 1. The van der Waals surface area contributed by atoms with Crippen LogP contribution in [0.1, 0.15) is 5.82 Å². The van der Waals surface area contributed by atoms with Crippen LogP contribution in [0, 0.1) is 0 Å². The molecular formula is C14H18N2OS2. The van der Waals surface area contributed by atoms with Crippen molar-refractivity contribution in [3.05, 3.63) is 30.1 Å². The fraction of sp³-hybridized carbons (Fsp3) is 0.500. The molecule has 3 nitrogen and oxygen atoms in total. The lowest BCUT2D eigenvalue weighted by molar-refractivity contribution is 0.174. The van der Waals surface area contributed by atoms with Crippen LogP contribution in [0.2, 0.25) is 0 Å². The molecule has 1 aromatic heterocycles. The smallest absolute Gasteiger partial charge is 0.112 e. The van der Waals surface area contributed by atoms with Crippen molar-refractivity contribution in [3.63, 3.8) is 0 Å². The SMILES string of the molecule is Cn1c(CC(O)C2CSCCS2)nc2ccccc21. The Morgan fingerprint density at radius 1 is 1.42 bits per heavy atom. The van der Waals surface area contributed by atoms with E-state index in [-0.39, 0.29) is 6.10 Å². The number of fused-ring (bicyclic) bond motifs is 1. The van der Waals surface area contributed by atoms with Gasteiger partial charge in [-0.2, -0.15) is 23.5 Å². The molecule has 0 amide bonds. The van der Waals surface area contributed by atoms with Crippen LogP contribution in [-0.4, -0.2) is 43.3 Å². The van der Waals surface area contributed by atoms with E-state index in [4.69, 9.17) is 0 Å². The fourth-order valence-electron chi connectivity index (χ4n) is 2.42. The van der Waals surface area contributed by atoms with Crippen LogP contribution in [0.25, 0.3) is 11.0 Å². The molecule has 1 aromatic carbocycles. The minimum Gasteiger partial charge on any atom is -0.391 e. The lowest BCUT2D eigenvalue weighted by Crippen LogP contribution is -2.31. The van der Waals surface area contributed by atoms with Crippen molar-refractivity contribution in [2.75, 3.05) is 17.3 Å². The Kier molecular flexibility index (Phi) is 4.05. The summed E-state index contributed by atoms with van der Waals surface area (Å²) in [6.45, 7) is 0. The maximum absolute atomic E-state index is 10.4. The van der Waals surface area contributed by atoms with E-state index < -0.39 is 0 Å². The summed E-state index contributed by atoms with van der Waals surface area (Å²) in [5.41, 5.74) is 2.15. The Morgan fingerprint density at radius 2 is 2.26 bits per heavy atom. The van der Waals surface area contributed by atoms with Crippen LogP contribution in [0.3, 0.4) is 0 Å². The van der Waals surface area contributed by atoms with Crippen molar-refractivity contribution in [2.24, 2.45) is 7.05 Å². The van der Waals surface area contributed by atoms with Gasteiger partial charge < -0.3 is 9.67 Å². The Bertz CT molecular complexity index is 564. The Hall–Kier alpha value is -0.650. The maximum Gasteiger partial charge on any atom is 0.112 e. The molecule has 1 aliphatic heterocycles. The van der Waals surface area contributed by atoms with E-state index in [2.05, 4.69) is 15.6 Å². The molecule has 102 valence electrons. The Labute approximate surface area is 121 Å². The highest BCUT2D eigenvalue weighted by atomic mass is 32.2. The van der Waals surface area contributed by atoms with E-state index in [0.29, 0.717) is 11.7 Å². The number of aliphatic hydroxyl groups is 1. The van der Waals surface area contributed by atoms with Gasteiger partial charge >= 0.3 is 0 Å². The second-order valence-electron chi connectivity index (χ2n) is 4.83. The van der Waals surface area contributed by atoms with Crippen LogP contribution in [0.5, 0.6) is 0 Å². The van der Waals surface area contributed by atoms with Crippen molar-refractivity contribution in [1.29, 1.82) is 0 Å². The molecule has 0 spiro atoms. The summed E-state index contributed by atoms with van der Waals surface area (Å²) in [6, 6.07) is 8.13. The molecule has 2 unspecified atom stereocenters. The zero-order chi connectivity index (χ0) is 13.2. The summed E-state index contributed by atoms with van der Waals surface area (Å²) >= 11 is 3.84. The number of thioether (sulfide) groups is 2. The van der Waals surface area contributed by atoms with Gasteiger partial charge in [0.05, 0.1) is 17.1 Å². The number of aromatic nitrogens is 2. The molecule has 0 aliphatic carbocycles. The lowest BCUT2D eigenvalue weighted by atomic mass is 10.2. The van der Waals surface area contributed by atoms with Gasteiger partial charge in [-0.3, -0.25) is 0 Å². The number of imidazole rings is 1. The van der Waals surface area contributed by atoms with Crippen LogP contribution < -0.4 is 0 Å². The molecule has 1 N–H and O–H groups in total. The average molecular weight is 294 g/mol. The molecule has 2 heterocycles. The zero-order valence-corrected chi connectivity index (χ0v) is 12.6. The van der Waals surface area contributed by atoms with Gasteiger partial charge in [-0.25, -0.2) is 4.98 Å². The third-order valence-corrected chi connectivity index (χ3v) is 6.45. The molecule has 2 aromatic rings. The van der Waals surface area contributed by atoms with Crippen molar-refractivity contribution < 1.29 is 5.11 Å². The van der Waals surface area contributed by atoms with Gasteiger partial charge in [0.1, 0.15) is 5.82 Å². The average Bonchev–Trinajstić information content (AvgIpc) is 2.77. The normalized spacial score (nSPS) is 21.7. The molecule has 1 fully saturated rings. The minimum atomic E-state index is -0.298. The van der Waals surface area contributed by atoms with E-state index >= 15 is 0 Å². The second-order valence-corrected chi connectivity index (χ2v) is 7.33. The Morgan fingerprint density at radius 3 is 3.00 bits per heavy atom. The van der Waals surface area contributed by atoms with E-state index in [0.717, 1.165) is 28.4 Å². The molecule has 0 saturated carbocycles. The summed E-state index contributed by atoms with van der Waals surface area (Å²) < 4.78 is 2.10. The molecular weight excluding hydrogens is 276 g/mol. The third kappa shape index (κ3) is 2.78. The molecule has 1 saturated heterocycles. The van der Waals surface area contributed by atoms with Crippen LogP contribution in [0.15, 0.2) is 24.3 Å². The monoisotopic (exact) mass is 294 g/mol. The van der Waals surface area contributed by atoms with E-state index in [1.54, 1.807) is 0 Å². The number of rotatable bonds is 3. The van der Waals surface area contributed by atoms with Gasteiger partial charge in [-0.1, -0.05) is 12.1 Å². The summed E-state index contributed by atoms with van der Waals surface area (Å²) in [5.74, 6) is 4.38. The van der Waals surface area contributed by atoms with Gasteiger partial charge in [0.15, 0.2) is 0 Å². The molecule has 3 rings (SSSR count). The number of para-hydroxylation sites is 2. The predicted molar refractivity (Wildman–Crippen MR) is 84.0 cm³/mol. The molecule has 1 aliphatic rings. The van der Waals surface area contributed by atoms with Gasteiger partial charge in [0, 0.05) is 36.0 Å². The predicted octanol–water partition coefficient (Wildman–Crippen LogP) is 2.33. The van der Waals surface area contributed by atoms with Crippen LogP contribution in [-0.2, 0) is 13.5 Å². The largest absolute Gasteiger partial charge is 0.391 e. The number of benzene rings is 1. The first-order valence-electron chi connectivity index (χ1n) is 6.53. The summed E-state index contributed by atoms with van der Waals surface area (Å²) in [6.07, 6.45) is 0.344. The van der Waals surface area contributed by atoms with Crippen LogP contribution >= 0.6 is 23.5 Å². The minimum absolute atomic E-state index is 0.298. The fourth-order valence-corrected chi connectivity index (χ4v) is 5.20. The zero-order valence-electron chi connectivity index (χ0n) is 11.0. The first-order valence-corrected chi connectivity index (χ1v) is 8.74. The van der Waals surface area contributed by atoms with E-state index in [1.807, 2.05) is 48.8 Å². The third-order valence-electron chi connectivity index (χ3n) is 3.54. The van der Waals surface area contributed by atoms with Gasteiger partial charge in [-0.15, -0.1) is 0 Å². The van der Waals surface area contributed by atoms with Crippen molar-refractivity contribution >= 4 is 34.6 Å². The highest BCUT2D eigenvalue weighted by Crippen LogP contribution is 2.28. The molecule has 5 heteroatoms. The van der Waals surface area contributed by atoms with Crippen LogP contribution in [0.4, 0.5) is 0 Å². The van der Waals surface area contributed by atoms with E-state index in [9.17, 15) is 5.11 Å². The number of hydrogen-bond acceptors (Lipinski definition) is 4. The van der Waals surface area contributed by atoms with Gasteiger partial charge in [0.25, 0.3) is 0 Å². The summed E-state index contributed by atoms with van der Waals surface area (Å²) in [5, 5.41) is 10.7. The van der Waals surface area contributed by atoms with Crippen molar-refractivity contribution in [3.8, 4) is 0 Å². The standard InChI is InChI=1S/C14H18N2OS2/c1-16-11-5-3-2-4-10(11)15-14(16)8-12(17)13-9-18-6-7-19-13/h2-5,12-13,17H,6-9H2,1H3. The first kappa shape index (κ1) is 13.3. The van der Waals surface area contributed by atoms with E-state index in [1.165, 1.54) is 5.75 Å². The topological polar surface area (TPSA) is 38.0 Å². The number of aryl methyl sites for hydroxylation is 1. The number of nitrogens with zero attached hydrogens (tertiary/aromatic N) is 2. The summed E-state index contributed by atoms with van der Waals surface area (Å²) in [7, 11) is 2.03. The second kappa shape index (κ2) is 5.77. The highest BCUT2D eigenvalue weighted by Gasteiger charge is 2.24. The highest BCUT2D eigenvalue weighted by molar-refractivity contribution is 8.06. The number of aliphatic hydroxyl groups excluding tert-OH is 1. The van der Waals surface area contributed by atoms with Gasteiger partial charge in [-0.05, 0) is 12.1 Å². The Balaban J connectivity index is 1.78. The molecule has 0 bridgehead atoms. The molecule has 0 radical (unpaired) electrons. The van der Waals surface area contributed by atoms with Crippen molar-refractivity contribution in [2.45, 2.75) is 17.8 Å². The first-order chi connectivity index (χ1) is 9.25. The molecule has 2 atom stereocenters. The summed E-state index contributed by atoms with van der Waals surface area (Å²) in [4.78, 5) is 4.63. The quantitative estimate of drug-likeness (QED) is 0.943. The molecule has 19 heavy (non-hydrogen) atoms. The lowest BCUT2D eigenvalue weighted by Gasteiger charge is -2.25.